The summed E-state index contributed by atoms with van der Waals surface area (Å²) in [4.78, 5) is 26.1. The van der Waals surface area contributed by atoms with Crippen LogP contribution >= 0.6 is 11.3 Å². The first-order valence-corrected chi connectivity index (χ1v) is 11.0. The minimum absolute atomic E-state index is 0.245. The predicted octanol–water partition coefficient (Wildman–Crippen LogP) is 5.52. The first-order chi connectivity index (χ1) is 14.3. The standard InChI is InChI=1S/C24H24N2O3S/c1-4-24(2,3)14-9-10-16-18(13-25)23(30-20(16)11-14)26-22(28)17-12-21(27)29-19-8-6-5-7-15(17)19/h5-8,12,14H,4,9-11H2,1-3H3,(H,26,28)/t14-/m0/s1. The van der Waals surface area contributed by atoms with Crippen molar-refractivity contribution in [2.24, 2.45) is 11.3 Å². The number of fused-ring (bicyclic) bond motifs is 2. The molecule has 6 heteroatoms. The first kappa shape index (κ1) is 20.4. The molecular formula is C24H24N2O3S. The molecule has 3 aromatic rings. The molecule has 1 aliphatic carbocycles. The van der Waals surface area contributed by atoms with E-state index < -0.39 is 11.5 Å². The Morgan fingerprint density at radius 1 is 1.37 bits per heavy atom. The zero-order chi connectivity index (χ0) is 21.5. The van der Waals surface area contributed by atoms with Crippen LogP contribution in [-0.4, -0.2) is 5.91 Å². The molecule has 1 aliphatic rings. The molecule has 0 aliphatic heterocycles. The van der Waals surface area contributed by atoms with Crippen molar-refractivity contribution in [3.8, 4) is 6.07 Å². The Hall–Kier alpha value is -2.91. The van der Waals surface area contributed by atoms with E-state index in [1.54, 1.807) is 24.3 Å². The molecule has 0 saturated carbocycles. The van der Waals surface area contributed by atoms with Crippen LogP contribution in [0.15, 0.2) is 39.5 Å². The Balaban J connectivity index is 1.68. The maximum atomic E-state index is 13.0. The lowest BCUT2D eigenvalue weighted by atomic mass is 9.69. The van der Waals surface area contributed by atoms with Crippen LogP contribution in [0, 0.1) is 22.7 Å². The van der Waals surface area contributed by atoms with Crippen molar-refractivity contribution in [1.82, 2.24) is 0 Å². The summed E-state index contributed by atoms with van der Waals surface area (Å²) in [6, 6.07) is 10.4. The molecule has 0 bridgehead atoms. The quantitative estimate of drug-likeness (QED) is 0.563. The van der Waals surface area contributed by atoms with Gasteiger partial charge in [-0.1, -0.05) is 45.4 Å². The second kappa shape index (κ2) is 7.73. The minimum atomic E-state index is -0.575. The van der Waals surface area contributed by atoms with Crippen molar-refractivity contribution in [2.45, 2.75) is 46.5 Å². The maximum absolute atomic E-state index is 13.0. The Labute approximate surface area is 179 Å². The topological polar surface area (TPSA) is 83.1 Å². The summed E-state index contributed by atoms with van der Waals surface area (Å²) in [5.74, 6) is 0.158. The van der Waals surface area contributed by atoms with Gasteiger partial charge in [0, 0.05) is 16.3 Å². The minimum Gasteiger partial charge on any atom is -0.423 e. The van der Waals surface area contributed by atoms with E-state index in [1.165, 1.54) is 22.3 Å². The lowest BCUT2D eigenvalue weighted by Gasteiger charge is -2.36. The third kappa shape index (κ3) is 3.54. The third-order valence-electron chi connectivity index (χ3n) is 6.52. The highest BCUT2D eigenvalue weighted by Gasteiger charge is 2.34. The van der Waals surface area contributed by atoms with E-state index in [2.05, 4.69) is 32.2 Å². The zero-order valence-electron chi connectivity index (χ0n) is 17.4. The summed E-state index contributed by atoms with van der Waals surface area (Å²) in [5, 5.41) is 13.8. The van der Waals surface area contributed by atoms with E-state index >= 15 is 0 Å². The lowest BCUT2D eigenvalue weighted by molar-refractivity contribution is 0.102. The largest absolute Gasteiger partial charge is 0.423 e. The number of carbonyl (C=O) groups excluding carboxylic acids is 1. The van der Waals surface area contributed by atoms with Gasteiger partial charge in [0.05, 0.1) is 11.1 Å². The Morgan fingerprint density at radius 3 is 2.87 bits per heavy atom. The molecule has 0 fully saturated rings. The molecular weight excluding hydrogens is 396 g/mol. The van der Waals surface area contributed by atoms with E-state index in [1.807, 2.05) is 0 Å². The molecule has 154 valence electrons. The van der Waals surface area contributed by atoms with E-state index in [0.29, 0.717) is 27.5 Å². The molecule has 30 heavy (non-hydrogen) atoms. The van der Waals surface area contributed by atoms with Crippen LogP contribution in [0.5, 0.6) is 0 Å². The number of hydrogen-bond acceptors (Lipinski definition) is 5. The third-order valence-corrected chi connectivity index (χ3v) is 7.68. The molecule has 2 heterocycles. The number of rotatable bonds is 4. The summed E-state index contributed by atoms with van der Waals surface area (Å²) < 4.78 is 5.18. The SMILES string of the molecule is CCC(C)(C)[C@H]1CCc2c(sc(NC(=O)c3cc(=O)oc4ccccc34)c2C#N)C1. The van der Waals surface area contributed by atoms with Crippen LogP contribution in [0.3, 0.4) is 0 Å². The molecule has 1 N–H and O–H groups in total. The Kier molecular flexibility index (Phi) is 5.25. The number of carbonyl (C=O) groups is 1. The number of nitrogens with zero attached hydrogens (tertiary/aromatic N) is 1. The van der Waals surface area contributed by atoms with Crippen LogP contribution < -0.4 is 10.9 Å². The van der Waals surface area contributed by atoms with E-state index in [0.717, 1.165) is 31.2 Å². The van der Waals surface area contributed by atoms with E-state index in [4.69, 9.17) is 4.42 Å². The lowest BCUT2D eigenvalue weighted by Crippen LogP contribution is -2.28. The Morgan fingerprint density at radius 2 is 2.13 bits per heavy atom. The molecule has 1 atom stereocenters. The summed E-state index contributed by atoms with van der Waals surface area (Å²) >= 11 is 1.49. The number of amides is 1. The van der Waals surface area contributed by atoms with E-state index in [9.17, 15) is 14.9 Å². The molecule has 0 unspecified atom stereocenters. The summed E-state index contributed by atoms with van der Waals surface area (Å²) in [5.41, 5.74) is 1.92. The van der Waals surface area contributed by atoms with Crippen LogP contribution in [-0.2, 0) is 12.8 Å². The van der Waals surface area contributed by atoms with Crippen molar-refractivity contribution < 1.29 is 9.21 Å². The monoisotopic (exact) mass is 420 g/mol. The van der Waals surface area contributed by atoms with Gasteiger partial charge in [-0.05, 0) is 42.2 Å². The highest BCUT2D eigenvalue weighted by Crippen LogP contribution is 2.45. The van der Waals surface area contributed by atoms with Crippen LogP contribution in [0.25, 0.3) is 11.0 Å². The van der Waals surface area contributed by atoms with Crippen molar-refractivity contribution in [3.05, 3.63) is 62.3 Å². The molecule has 0 saturated heterocycles. The molecule has 5 nitrogen and oxygen atoms in total. The van der Waals surface area contributed by atoms with Crippen LogP contribution in [0.4, 0.5) is 5.00 Å². The highest BCUT2D eigenvalue weighted by molar-refractivity contribution is 7.16. The fourth-order valence-electron chi connectivity index (χ4n) is 4.22. The van der Waals surface area contributed by atoms with Gasteiger partial charge >= 0.3 is 5.63 Å². The number of nitriles is 1. The number of thiophene rings is 1. The number of benzene rings is 1. The van der Waals surface area contributed by atoms with Gasteiger partial charge in [-0.3, -0.25) is 4.79 Å². The second-order valence-electron chi connectivity index (χ2n) is 8.53. The fourth-order valence-corrected chi connectivity index (χ4v) is 5.49. The molecule has 4 rings (SSSR count). The van der Waals surface area contributed by atoms with Crippen molar-refractivity contribution in [3.63, 3.8) is 0 Å². The Bertz CT molecular complexity index is 1230. The molecule has 1 amide bonds. The average molecular weight is 421 g/mol. The van der Waals surface area contributed by atoms with Gasteiger partial charge in [0.15, 0.2) is 0 Å². The maximum Gasteiger partial charge on any atom is 0.337 e. The van der Waals surface area contributed by atoms with Gasteiger partial charge in [0.2, 0.25) is 0 Å². The van der Waals surface area contributed by atoms with Crippen LogP contribution in [0.2, 0.25) is 0 Å². The van der Waals surface area contributed by atoms with Gasteiger partial charge in [-0.2, -0.15) is 5.26 Å². The van der Waals surface area contributed by atoms with Gasteiger partial charge in [-0.15, -0.1) is 11.3 Å². The number of hydrogen-bond donors (Lipinski definition) is 1. The molecule has 0 spiro atoms. The normalized spacial score (nSPS) is 16.1. The first-order valence-electron chi connectivity index (χ1n) is 10.2. The van der Waals surface area contributed by atoms with Gasteiger partial charge in [0.25, 0.3) is 5.91 Å². The zero-order valence-corrected chi connectivity index (χ0v) is 18.2. The fraction of sp³-hybridized carbons (Fsp3) is 0.375. The van der Waals surface area contributed by atoms with Gasteiger partial charge < -0.3 is 9.73 Å². The van der Waals surface area contributed by atoms with Crippen molar-refractivity contribution in [1.29, 1.82) is 5.26 Å². The predicted molar refractivity (Wildman–Crippen MR) is 119 cm³/mol. The smallest absolute Gasteiger partial charge is 0.337 e. The van der Waals surface area contributed by atoms with Crippen LogP contribution in [0.1, 0.15) is 60.0 Å². The van der Waals surface area contributed by atoms with Gasteiger partial charge in [-0.25, -0.2) is 4.79 Å². The number of anilines is 1. The average Bonchev–Trinajstić information content (AvgIpc) is 3.09. The molecule has 1 aromatic carbocycles. The number of para-hydroxylation sites is 1. The number of nitrogens with one attached hydrogen (secondary N) is 1. The highest BCUT2D eigenvalue weighted by atomic mass is 32.1. The van der Waals surface area contributed by atoms with Gasteiger partial charge in [0.1, 0.15) is 16.7 Å². The molecule has 0 radical (unpaired) electrons. The van der Waals surface area contributed by atoms with E-state index in [-0.39, 0.29) is 11.0 Å². The van der Waals surface area contributed by atoms with Crippen molar-refractivity contribution in [2.75, 3.05) is 5.32 Å². The second-order valence-corrected chi connectivity index (χ2v) is 9.64. The van der Waals surface area contributed by atoms with Crippen molar-refractivity contribution >= 4 is 33.2 Å². The summed E-state index contributed by atoms with van der Waals surface area (Å²) in [7, 11) is 0. The summed E-state index contributed by atoms with van der Waals surface area (Å²) in [6.45, 7) is 6.82. The summed E-state index contributed by atoms with van der Waals surface area (Å²) in [6.07, 6.45) is 3.95. The molecule has 2 aromatic heterocycles.